The highest BCUT2D eigenvalue weighted by atomic mass is 79.9. The molecular formula is C13H10BrFN4. The Balaban J connectivity index is 2.15. The van der Waals surface area contributed by atoms with E-state index >= 15 is 0 Å². The van der Waals surface area contributed by atoms with Gasteiger partial charge in [0.1, 0.15) is 17.7 Å². The van der Waals surface area contributed by atoms with Crippen molar-refractivity contribution in [1.82, 2.24) is 4.98 Å². The number of benzene rings is 1. The highest BCUT2D eigenvalue weighted by Gasteiger charge is 2.06. The molecule has 0 aliphatic heterocycles. The fourth-order valence-electron chi connectivity index (χ4n) is 1.55. The summed E-state index contributed by atoms with van der Waals surface area (Å²) >= 11 is 3.29. The molecule has 0 atom stereocenters. The van der Waals surface area contributed by atoms with Gasteiger partial charge in [0.25, 0.3) is 0 Å². The predicted molar refractivity (Wildman–Crippen MR) is 74.8 cm³/mol. The number of nitrogens with one attached hydrogen (secondary N) is 1. The number of pyridine rings is 1. The molecule has 0 amide bonds. The maximum atomic E-state index is 13.5. The van der Waals surface area contributed by atoms with Crippen LogP contribution in [0.25, 0.3) is 0 Å². The predicted octanol–water partition coefficient (Wildman–Crippen LogP) is 3.05. The second-order valence-electron chi connectivity index (χ2n) is 3.86. The molecule has 96 valence electrons. The highest BCUT2D eigenvalue weighted by molar-refractivity contribution is 9.10. The van der Waals surface area contributed by atoms with E-state index in [-0.39, 0.29) is 12.4 Å². The van der Waals surface area contributed by atoms with E-state index in [9.17, 15) is 4.39 Å². The summed E-state index contributed by atoms with van der Waals surface area (Å²) in [6.45, 7) is 0.258. The average molecular weight is 321 g/mol. The van der Waals surface area contributed by atoms with Crippen molar-refractivity contribution in [2.24, 2.45) is 0 Å². The molecule has 2 aromatic rings. The molecule has 1 heterocycles. The maximum Gasteiger partial charge on any atom is 0.149 e. The first-order chi connectivity index (χ1) is 9.10. The van der Waals surface area contributed by atoms with Gasteiger partial charge in [0.05, 0.1) is 11.3 Å². The highest BCUT2D eigenvalue weighted by Crippen LogP contribution is 2.19. The number of nitrogens with zero attached hydrogens (tertiary/aromatic N) is 2. The van der Waals surface area contributed by atoms with Crippen LogP contribution in [0.4, 0.5) is 15.9 Å². The van der Waals surface area contributed by atoms with Gasteiger partial charge in [-0.05, 0) is 24.3 Å². The number of nitriles is 1. The van der Waals surface area contributed by atoms with Crippen LogP contribution in [-0.2, 0) is 6.54 Å². The average Bonchev–Trinajstić information content (AvgIpc) is 2.40. The Labute approximate surface area is 118 Å². The molecule has 0 spiro atoms. The van der Waals surface area contributed by atoms with E-state index in [0.717, 1.165) is 4.47 Å². The number of rotatable bonds is 3. The Morgan fingerprint density at radius 1 is 1.42 bits per heavy atom. The van der Waals surface area contributed by atoms with Gasteiger partial charge in [-0.25, -0.2) is 9.37 Å². The Morgan fingerprint density at radius 2 is 2.21 bits per heavy atom. The van der Waals surface area contributed by atoms with E-state index in [1.165, 1.54) is 18.3 Å². The molecule has 6 heteroatoms. The van der Waals surface area contributed by atoms with Gasteiger partial charge < -0.3 is 11.1 Å². The second kappa shape index (κ2) is 5.67. The van der Waals surface area contributed by atoms with Crippen LogP contribution in [0.5, 0.6) is 0 Å². The molecule has 0 aliphatic carbocycles. The molecule has 0 bridgehead atoms. The van der Waals surface area contributed by atoms with E-state index in [0.29, 0.717) is 22.6 Å². The third kappa shape index (κ3) is 3.20. The lowest BCUT2D eigenvalue weighted by Gasteiger charge is -2.09. The van der Waals surface area contributed by atoms with Crippen molar-refractivity contribution in [3.63, 3.8) is 0 Å². The molecule has 0 radical (unpaired) electrons. The summed E-state index contributed by atoms with van der Waals surface area (Å²) in [5, 5.41) is 11.6. The fraction of sp³-hybridized carbons (Fsp3) is 0.0769. The van der Waals surface area contributed by atoms with Gasteiger partial charge in [0.2, 0.25) is 0 Å². The first-order valence-corrected chi connectivity index (χ1v) is 6.23. The van der Waals surface area contributed by atoms with Crippen LogP contribution in [0.2, 0.25) is 0 Å². The summed E-state index contributed by atoms with van der Waals surface area (Å²) in [5.41, 5.74) is 6.99. The maximum absolute atomic E-state index is 13.5. The van der Waals surface area contributed by atoms with E-state index < -0.39 is 0 Å². The van der Waals surface area contributed by atoms with Gasteiger partial charge in [-0.3, -0.25) is 0 Å². The Morgan fingerprint density at radius 3 is 2.89 bits per heavy atom. The van der Waals surface area contributed by atoms with Crippen LogP contribution in [-0.4, -0.2) is 4.98 Å². The zero-order valence-corrected chi connectivity index (χ0v) is 11.4. The third-order valence-electron chi connectivity index (χ3n) is 2.50. The van der Waals surface area contributed by atoms with Crippen LogP contribution in [0, 0.1) is 17.1 Å². The molecular weight excluding hydrogens is 311 g/mol. The second-order valence-corrected chi connectivity index (χ2v) is 4.78. The number of nitrogen functional groups attached to an aromatic ring is 1. The fourth-order valence-corrected chi connectivity index (χ4v) is 1.96. The first kappa shape index (κ1) is 13.3. The van der Waals surface area contributed by atoms with Gasteiger partial charge in [0.15, 0.2) is 0 Å². The minimum absolute atomic E-state index is 0.258. The third-order valence-corrected chi connectivity index (χ3v) is 2.99. The number of hydrogen-bond acceptors (Lipinski definition) is 4. The number of hydrogen-bond donors (Lipinski definition) is 2. The number of anilines is 2. The lowest BCUT2D eigenvalue weighted by Crippen LogP contribution is -2.06. The van der Waals surface area contributed by atoms with Crippen LogP contribution in [0.15, 0.2) is 34.9 Å². The van der Waals surface area contributed by atoms with Crippen molar-refractivity contribution < 1.29 is 4.39 Å². The van der Waals surface area contributed by atoms with Crippen LogP contribution in [0.1, 0.15) is 11.1 Å². The summed E-state index contributed by atoms with van der Waals surface area (Å²) in [5.74, 6) is 0.126. The summed E-state index contributed by atoms with van der Waals surface area (Å²) in [6, 6.07) is 8.17. The molecule has 0 saturated heterocycles. The molecule has 0 unspecified atom stereocenters. The van der Waals surface area contributed by atoms with Gasteiger partial charge >= 0.3 is 0 Å². The molecule has 0 fully saturated rings. The van der Waals surface area contributed by atoms with E-state index in [2.05, 4.69) is 26.2 Å². The van der Waals surface area contributed by atoms with Crippen molar-refractivity contribution in [2.75, 3.05) is 11.1 Å². The van der Waals surface area contributed by atoms with Crippen molar-refractivity contribution >= 4 is 27.4 Å². The van der Waals surface area contributed by atoms with Gasteiger partial charge in [-0.1, -0.05) is 15.9 Å². The lowest BCUT2D eigenvalue weighted by molar-refractivity contribution is 0.612. The Bertz CT molecular complexity index is 652. The molecule has 1 aromatic heterocycles. The summed E-state index contributed by atoms with van der Waals surface area (Å²) in [7, 11) is 0. The largest absolute Gasteiger partial charge is 0.396 e. The van der Waals surface area contributed by atoms with E-state index in [1.54, 1.807) is 12.1 Å². The quantitative estimate of drug-likeness (QED) is 0.911. The van der Waals surface area contributed by atoms with Crippen LogP contribution < -0.4 is 11.1 Å². The normalized spacial score (nSPS) is 9.95. The molecule has 4 nitrogen and oxygen atoms in total. The van der Waals surface area contributed by atoms with Gasteiger partial charge in [0, 0.05) is 22.8 Å². The van der Waals surface area contributed by atoms with E-state index in [4.69, 9.17) is 11.0 Å². The Hall–Kier alpha value is -2.13. The minimum atomic E-state index is -0.303. The molecule has 1 aromatic carbocycles. The smallest absolute Gasteiger partial charge is 0.149 e. The zero-order chi connectivity index (χ0) is 13.8. The summed E-state index contributed by atoms with van der Waals surface area (Å²) in [4.78, 5) is 4.02. The van der Waals surface area contributed by atoms with Crippen molar-refractivity contribution in [3.8, 4) is 6.07 Å². The van der Waals surface area contributed by atoms with Crippen LogP contribution in [0.3, 0.4) is 0 Å². The SMILES string of the molecule is N#Cc1cnc(NCc2cc(Br)ccc2F)c(N)c1. The molecule has 0 aliphatic rings. The van der Waals surface area contributed by atoms with Crippen molar-refractivity contribution in [2.45, 2.75) is 6.54 Å². The molecule has 3 N–H and O–H groups in total. The zero-order valence-electron chi connectivity index (χ0n) is 9.82. The number of aromatic nitrogens is 1. The summed E-state index contributed by atoms with van der Waals surface area (Å²) in [6.07, 6.45) is 1.41. The number of halogens is 2. The van der Waals surface area contributed by atoms with Crippen LogP contribution >= 0.6 is 15.9 Å². The lowest BCUT2D eigenvalue weighted by atomic mass is 10.2. The van der Waals surface area contributed by atoms with Crippen molar-refractivity contribution in [1.29, 1.82) is 5.26 Å². The number of nitrogens with two attached hydrogens (primary N) is 1. The molecule has 2 rings (SSSR count). The standard InChI is InChI=1S/C13H10BrFN4/c14-10-1-2-11(15)9(4-10)7-19-13-12(17)3-8(5-16)6-18-13/h1-4,6H,7,17H2,(H,18,19). The van der Waals surface area contributed by atoms with Gasteiger partial charge in [-0.15, -0.1) is 0 Å². The minimum Gasteiger partial charge on any atom is -0.396 e. The van der Waals surface area contributed by atoms with Crippen molar-refractivity contribution in [3.05, 3.63) is 51.9 Å². The monoisotopic (exact) mass is 320 g/mol. The first-order valence-electron chi connectivity index (χ1n) is 5.43. The van der Waals surface area contributed by atoms with E-state index in [1.807, 2.05) is 6.07 Å². The molecule has 19 heavy (non-hydrogen) atoms. The topological polar surface area (TPSA) is 74.7 Å². The Kier molecular flexibility index (Phi) is 3.97. The van der Waals surface area contributed by atoms with Gasteiger partial charge in [-0.2, -0.15) is 5.26 Å². The summed E-state index contributed by atoms with van der Waals surface area (Å²) < 4.78 is 14.3. The molecule has 0 saturated carbocycles.